The Morgan fingerprint density at radius 3 is 2.75 bits per heavy atom. The van der Waals surface area contributed by atoms with Crippen molar-refractivity contribution in [2.24, 2.45) is 5.92 Å². The standard InChI is InChI=1S/C18H16ClFN2O2/c1-11-8-13(19)6-7-15(11)21-18(24)12-9-17(23)22(10-12)16-5-3-2-4-14(16)20/h2-8,12H,9-10H2,1H3,(H,21,24)/t12-/m1/s1. The molecule has 1 heterocycles. The number of nitrogens with one attached hydrogen (secondary N) is 1. The summed E-state index contributed by atoms with van der Waals surface area (Å²) in [6.45, 7) is 2.01. The van der Waals surface area contributed by atoms with Crippen LogP contribution in [0.2, 0.25) is 5.02 Å². The second-order valence-corrected chi connectivity index (χ2v) is 6.24. The van der Waals surface area contributed by atoms with Crippen molar-refractivity contribution >= 4 is 34.8 Å². The Bertz CT molecular complexity index is 809. The first-order valence-electron chi connectivity index (χ1n) is 7.57. The molecule has 0 bridgehead atoms. The fourth-order valence-corrected chi connectivity index (χ4v) is 3.02. The lowest BCUT2D eigenvalue weighted by atomic mass is 10.1. The number of carbonyl (C=O) groups excluding carboxylic acids is 2. The first-order chi connectivity index (χ1) is 11.5. The topological polar surface area (TPSA) is 49.4 Å². The Balaban J connectivity index is 1.73. The molecular formula is C18H16ClFN2O2. The molecule has 1 fully saturated rings. The van der Waals surface area contributed by atoms with E-state index in [4.69, 9.17) is 11.6 Å². The lowest BCUT2D eigenvalue weighted by Gasteiger charge is -2.17. The fraction of sp³-hybridized carbons (Fsp3) is 0.222. The largest absolute Gasteiger partial charge is 0.326 e. The second kappa shape index (κ2) is 6.61. The van der Waals surface area contributed by atoms with E-state index in [1.807, 2.05) is 6.92 Å². The highest BCUT2D eigenvalue weighted by molar-refractivity contribution is 6.30. The molecule has 0 unspecified atom stereocenters. The van der Waals surface area contributed by atoms with Crippen molar-refractivity contribution in [3.05, 3.63) is 58.9 Å². The molecule has 0 aromatic heterocycles. The van der Waals surface area contributed by atoms with Gasteiger partial charge in [-0.1, -0.05) is 23.7 Å². The van der Waals surface area contributed by atoms with Crippen LogP contribution in [0.5, 0.6) is 0 Å². The van der Waals surface area contributed by atoms with Crippen LogP contribution in [-0.2, 0) is 9.59 Å². The molecule has 1 saturated heterocycles. The molecule has 124 valence electrons. The third-order valence-corrected chi connectivity index (χ3v) is 4.32. The molecule has 6 heteroatoms. The van der Waals surface area contributed by atoms with Crippen LogP contribution in [0.15, 0.2) is 42.5 Å². The number of halogens is 2. The van der Waals surface area contributed by atoms with E-state index in [9.17, 15) is 14.0 Å². The van der Waals surface area contributed by atoms with Crippen LogP contribution in [0.1, 0.15) is 12.0 Å². The van der Waals surface area contributed by atoms with Gasteiger partial charge >= 0.3 is 0 Å². The number of hydrogen-bond donors (Lipinski definition) is 1. The Morgan fingerprint density at radius 1 is 1.29 bits per heavy atom. The predicted molar refractivity (Wildman–Crippen MR) is 91.7 cm³/mol. The molecule has 2 amide bonds. The molecule has 1 aliphatic heterocycles. The van der Waals surface area contributed by atoms with Gasteiger partial charge in [-0.2, -0.15) is 0 Å². The number of carbonyl (C=O) groups is 2. The molecule has 1 atom stereocenters. The summed E-state index contributed by atoms with van der Waals surface area (Å²) in [5, 5.41) is 3.41. The molecule has 2 aromatic rings. The Kier molecular flexibility index (Phi) is 4.53. The van der Waals surface area contributed by atoms with Gasteiger partial charge in [-0.25, -0.2) is 4.39 Å². The fourth-order valence-electron chi connectivity index (χ4n) is 2.79. The smallest absolute Gasteiger partial charge is 0.229 e. The van der Waals surface area contributed by atoms with E-state index in [-0.39, 0.29) is 30.5 Å². The van der Waals surface area contributed by atoms with Crippen molar-refractivity contribution in [2.75, 3.05) is 16.8 Å². The number of hydrogen-bond acceptors (Lipinski definition) is 2. The Labute approximate surface area is 144 Å². The maximum Gasteiger partial charge on any atom is 0.229 e. The summed E-state index contributed by atoms with van der Waals surface area (Å²) in [7, 11) is 0. The summed E-state index contributed by atoms with van der Waals surface area (Å²) in [6.07, 6.45) is 0.0623. The van der Waals surface area contributed by atoms with Crippen molar-refractivity contribution in [1.29, 1.82) is 0 Å². The number of para-hydroxylation sites is 1. The van der Waals surface area contributed by atoms with E-state index >= 15 is 0 Å². The van der Waals surface area contributed by atoms with Crippen molar-refractivity contribution in [2.45, 2.75) is 13.3 Å². The van der Waals surface area contributed by atoms with Crippen LogP contribution in [0, 0.1) is 18.7 Å². The number of amides is 2. The van der Waals surface area contributed by atoms with Gasteiger partial charge in [-0.05, 0) is 42.8 Å². The molecule has 0 spiro atoms. The SMILES string of the molecule is Cc1cc(Cl)ccc1NC(=O)[C@@H]1CC(=O)N(c2ccccc2F)C1. The molecule has 1 aliphatic rings. The summed E-state index contributed by atoms with van der Waals surface area (Å²) in [6, 6.07) is 11.2. The molecule has 0 radical (unpaired) electrons. The number of rotatable bonds is 3. The zero-order chi connectivity index (χ0) is 17.3. The van der Waals surface area contributed by atoms with Gasteiger partial charge in [0.25, 0.3) is 0 Å². The molecule has 0 aliphatic carbocycles. The molecule has 0 saturated carbocycles. The summed E-state index contributed by atoms with van der Waals surface area (Å²) in [5.74, 6) is -1.51. The highest BCUT2D eigenvalue weighted by atomic mass is 35.5. The van der Waals surface area contributed by atoms with Crippen molar-refractivity contribution < 1.29 is 14.0 Å². The molecule has 2 aromatic carbocycles. The molecule has 4 nitrogen and oxygen atoms in total. The van der Waals surface area contributed by atoms with Crippen LogP contribution in [-0.4, -0.2) is 18.4 Å². The van der Waals surface area contributed by atoms with Gasteiger partial charge in [0.2, 0.25) is 11.8 Å². The maximum atomic E-state index is 13.9. The second-order valence-electron chi connectivity index (χ2n) is 5.81. The van der Waals surface area contributed by atoms with Gasteiger partial charge in [0.05, 0.1) is 11.6 Å². The van der Waals surface area contributed by atoms with Gasteiger partial charge in [-0.3, -0.25) is 9.59 Å². The number of aryl methyl sites for hydroxylation is 1. The van der Waals surface area contributed by atoms with Crippen molar-refractivity contribution in [3.63, 3.8) is 0 Å². The number of anilines is 2. The number of nitrogens with zero attached hydrogens (tertiary/aromatic N) is 1. The van der Waals surface area contributed by atoms with E-state index in [2.05, 4.69) is 5.32 Å². The summed E-state index contributed by atoms with van der Waals surface area (Å²) in [5.41, 5.74) is 1.70. The van der Waals surface area contributed by atoms with Crippen LogP contribution < -0.4 is 10.2 Å². The minimum absolute atomic E-state index is 0.0623. The van der Waals surface area contributed by atoms with Crippen molar-refractivity contribution in [3.8, 4) is 0 Å². The van der Waals surface area contributed by atoms with Gasteiger partial charge in [0, 0.05) is 23.7 Å². The average Bonchev–Trinajstić information content (AvgIpc) is 2.92. The van der Waals surface area contributed by atoms with Gasteiger partial charge in [0.1, 0.15) is 5.82 Å². The summed E-state index contributed by atoms with van der Waals surface area (Å²) in [4.78, 5) is 25.9. The first kappa shape index (κ1) is 16.5. The minimum Gasteiger partial charge on any atom is -0.326 e. The number of benzene rings is 2. The van der Waals surface area contributed by atoms with E-state index < -0.39 is 11.7 Å². The quantitative estimate of drug-likeness (QED) is 0.919. The first-order valence-corrected chi connectivity index (χ1v) is 7.95. The normalized spacial score (nSPS) is 17.2. The van der Waals surface area contributed by atoms with Crippen LogP contribution in [0.3, 0.4) is 0 Å². The Morgan fingerprint density at radius 2 is 2.04 bits per heavy atom. The molecule has 24 heavy (non-hydrogen) atoms. The monoisotopic (exact) mass is 346 g/mol. The van der Waals surface area contributed by atoms with Crippen molar-refractivity contribution in [1.82, 2.24) is 0 Å². The molecule has 1 N–H and O–H groups in total. The zero-order valence-electron chi connectivity index (χ0n) is 13.1. The van der Waals surface area contributed by atoms with E-state index in [0.29, 0.717) is 10.7 Å². The van der Waals surface area contributed by atoms with Gasteiger partial charge < -0.3 is 10.2 Å². The lowest BCUT2D eigenvalue weighted by molar-refractivity contribution is -0.122. The average molecular weight is 347 g/mol. The van der Waals surface area contributed by atoms with E-state index in [0.717, 1.165) is 5.56 Å². The Hall–Kier alpha value is -2.40. The summed E-state index contributed by atoms with van der Waals surface area (Å²) >= 11 is 5.90. The molecular weight excluding hydrogens is 331 g/mol. The van der Waals surface area contributed by atoms with Crippen LogP contribution in [0.4, 0.5) is 15.8 Å². The third-order valence-electron chi connectivity index (χ3n) is 4.09. The lowest BCUT2D eigenvalue weighted by Crippen LogP contribution is -2.28. The van der Waals surface area contributed by atoms with Gasteiger partial charge in [-0.15, -0.1) is 0 Å². The zero-order valence-corrected chi connectivity index (χ0v) is 13.8. The summed E-state index contributed by atoms with van der Waals surface area (Å²) < 4.78 is 13.9. The maximum absolute atomic E-state index is 13.9. The predicted octanol–water partition coefficient (Wildman–Crippen LogP) is 3.78. The molecule has 3 rings (SSSR count). The highest BCUT2D eigenvalue weighted by Crippen LogP contribution is 2.28. The van der Waals surface area contributed by atoms with Crippen LogP contribution in [0.25, 0.3) is 0 Å². The minimum atomic E-state index is -0.521. The van der Waals surface area contributed by atoms with Crippen LogP contribution >= 0.6 is 11.6 Å². The van der Waals surface area contributed by atoms with E-state index in [1.54, 1.807) is 30.3 Å². The highest BCUT2D eigenvalue weighted by Gasteiger charge is 2.36. The van der Waals surface area contributed by atoms with Gasteiger partial charge in [0.15, 0.2) is 0 Å². The third kappa shape index (κ3) is 3.26. The van der Waals surface area contributed by atoms with E-state index in [1.165, 1.54) is 17.0 Å².